The van der Waals surface area contributed by atoms with Crippen LogP contribution in [0.25, 0.3) is 0 Å². The molecule has 2 aliphatic carbocycles. The van der Waals surface area contributed by atoms with Gasteiger partial charge < -0.3 is 5.32 Å². The Morgan fingerprint density at radius 3 is 2.67 bits per heavy atom. The lowest BCUT2D eigenvalue weighted by Crippen LogP contribution is -2.20. The molecule has 0 amide bonds. The number of hydrogen-bond donors (Lipinski definition) is 1. The van der Waals surface area contributed by atoms with Crippen LogP contribution in [0.3, 0.4) is 0 Å². The molecule has 100 valence electrons. The summed E-state index contributed by atoms with van der Waals surface area (Å²) in [5.74, 6) is 0.734. The summed E-state index contributed by atoms with van der Waals surface area (Å²) in [6.07, 6.45) is 8.08. The van der Waals surface area contributed by atoms with Gasteiger partial charge in [0.2, 0.25) is 0 Å². The summed E-state index contributed by atoms with van der Waals surface area (Å²) in [5.41, 5.74) is 1.82. The Morgan fingerprint density at radius 1 is 1.28 bits per heavy atom. The van der Waals surface area contributed by atoms with Gasteiger partial charge >= 0.3 is 0 Å². The molecule has 1 N–H and O–H groups in total. The summed E-state index contributed by atoms with van der Waals surface area (Å²) in [5, 5.41) is 7.19. The van der Waals surface area contributed by atoms with E-state index in [-0.39, 0.29) is 0 Å². The first kappa shape index (κ1) is 12.6. The van der Waals surface area contributed by atoms with E-state index in [0.29, 0.717) is 5.41 Å². The minimum absolute atomic E-state index is 0.560. The van der Waals surface area contributed by atoms with Crippen molar-refractivity contribution in [1.29, 1.82) is 0 Å². The molecular formula is C15H24N2S. The Hall–Kier alpha value is -0.410. The molecule has 1 heterocycles. The Bertz CT molecular complexity index is 396. The van der Waals surface area contributed by atoms with Crippen LogP contribution in [-0.2, 0) is 6.54 Å². The molecule has 2 fully saturated rings. The van der Waals surface area contributed by atoms with E-state index < -0.39 is 0 Å². The van der Waals surface area contributed by atoms with Crippen LogP contribution in [0.15, 0.2) is 5.38 Å². The molecule has 0 aromatic carbocycles. The van der Waals surface area contributed by atoms with Crippen molar-refractivity contribution in [3.8, 4) is 0 Å². The van der Waals surface area contributed by atoms with Crippen LogP contribution in [0.2, 0.25) is 0 Å². The van der Waals surface area contributed by atoms with Crippen molar-refractivity contribution >= 4 is 11.3 Å². The third kappa shape index (κ3) is 3.12. The van der Waals surface area contributed by atoms with Gasteiger partial charge in [-0.3, -0.25) is 0 Å². The predicted molar refractivity (Wildman–Crippen MR) is 77.0 cm³/mol. The number of rotatable bonds is 4. The van der Waals surface area contributed by atoms with Gasteiger partial charge in [0.15, 0.2) is 0 Å². The molecule has 1 aromatic rings. The second-order valence-electron chi connectivity index (χ2n) is 6.77. The second-order valence-corrected chi connectivity index (χ2v) is 7.66. The highest BCUT2D eigenvalue weighted by Gasteiger charge is 2.29. The fourth-order valence-electron chi connectivity index (χ4n) is 2.77. The largest absolute Gasteiger partial charge is 0.308 e. The van der Waals surface area contributed by atoms with Crippen molar-refractivity contribution < 1.29 is 0 Å². The van der Waals surface area contributed by atoms with Gasteiger partial charge in [-0.05, 0) is 43.9 Å². The molecule has 2 aliphatic rings. The Morgan fingerprint density at radius 2 is 2.00 bits per heavy atom. The zero-order chi connectivity index (χ0) is 12.6. The lowest BCUT2D eigenvalue weighted by atomic mass is 9.73. The quantitative estimate of drug-likeness (QED) is 0.886. The fourth-order valence-corrected chi connectivity index (χ4v) is 3.76. The number of aromatic nitrogens is 1. The number of thiazole rings is 1. The molecule has 3 rings (SSSR count). The first-order valence-corrected chi connectivity index (χ1v) is 8.18. The van der Waals surface area contributed by atoms with Gasteiger partial charge in [0, 0.05) is 23.9 Å². The Balaban J connectivity index is 1.55. The normalized spacial score (nSPS) is 24.3. The van der Waals surface area contributed by atoms with Crippen LogP contribution in [0.4, 0.5) is 0 Å². The van der Waals surface area contributed by atoms with Gasteiger partial charge in [0.05, 0.1) is 10.7 Å². The summed E-state index contributed by atoms with van der Waals surface area (Å²) in [4.78, 5) is 4.84. The standard InChI is InChI=1S/C15H24N2S/c1-15(2)7-5-11(6-8-15)14-17-13(10-18-14)9-16-12-3-4-12/h10-12,16H,3-9H2,1-2H3. The first-order valence-electron chi connectivity index (χ1n) is 7.30. The fraction of sp³-hybridized carbons (Fsp3) is 0.800. The number of nitrogens with zero attached hydrogens (tertiary/aromatic N) is 1. The third-order valence-corrected chi connectivity index (χ3v) is 5.46. The van der Waals surface area contributed by atoms with Crippen molar-refractivity contribution in [2.24, 2.45) is 5.41 Å². The molecule has 0 spiro atoms. The average molecular weight is 264 g/mol. The van der Waals surface area contributed by atoms with E-state index in [0.717, 1.165) is 18.5 Å². The topological polar surface area (TPSA) is 24.9 Å². The van der Waals surface area contributed by atoms with Crippen molar-refractivity contribution in [2.75, 3.05) is 0 Å². The molecule has 1 aromatic heterocycles. The van der Waals surface area contributed by atoms with E-state index in [1.165, 1.54) is 49.2 Å². The number of nitrogens with one attached hydrogen (secondary N) is 1. The Kier molecular flexibility index (Phi) is 3.46. The molecule has 2 nitrogen and oxygen atoms in total. The van der Waals surface area contributed by atoms with E-state index >= 15 is 0 Å². The van der Waals surface area contributed by atoms with E-state index in [9.17, 15) is 0 Å². The highest BCUT2D eigenvalue weighted by molar-refractivity contribution is 7.09. The zero-order valence-corrected chi connectivity index (χ0v) is 12.4. The van der Waals surface area contributed by atoms with Crippen LogP contribution in [-0.4, -0.2) is 11.0 Å². The molecule has 18 heavy (non-hydrogen) atoms. The molecule has 0 aliphatic heterocycles. The monoisotopic (exact) mass is 264 g/mol. The van der Waals surface area contributed by atoms with Gasteiger partial charge in [-0.25, -0.2) is 4.98 Å². The van der Waals surface area contributed by atoms with Crippen molar-refractivity contribution in [2.45, 2.75) is 70.9 Å². The lowest BCUT2D eigenvalue weighted by Gasteiger charge is -2.33. The van der Waals surface area contributed by atoms with Crippen molar-refractivity contribution in [3.63, 3.8) is 0 Å². The SMILES string of the molecule is CC1(C)CCC(c2nc(CNC3CC3)cs2)CC1. The summed E-state index contributed by atoms with van der Waals surface area (Å²) >= 11 is 1.88. The maximum absolute atomic E-state index is 4.84. The minimum Gasteiger partial charge on any atom is -0.308 e. The van der Waals surface area contributed by atoms with Gasteiger partial charge in [-0.15, -0.1) is 11.3 Å². The van der Waals surface area contributed by atoms with E-state index in [2.05, 4.69) is 24.5 Å². The smallest absolute Gasteiger partial charge is 0.0959 e. The van der Waals surface area contributed by atoms with E-state index in [1.807, 2.05) is 11.3 Å². The summed E-state index contributed by atoms with van der Waals surface area (Å²) < 4.78 is 0. The highest BCUT2D eigenvalue weighted by Crippen LogP contribution is 2.43. The highest BCUT2D eigenvalue weighted by atomic mass is 32.1. The predicted octanol–water partition coefficient (Wildman–Crippen LogP) is 4.08. The van der Waals surface area contributed by atoms with Crippen LogP contribution >= 0.6 is 11.3 Å². The second kappa shape index (κ2) is 4.93. The van der Waals surface area contributed by atoms with Crippen LogP contribution < -0.4 is 5.32 Å². The van der Waals surface area contributed by atoms with Crippen LogP contribution in [0.1, 0.15) is 69.0 Å². The average Bonchev–Trinajstić information content (AvgIpc) is 3.05. The number of hydrogen-bond acceptors (Lipinski definition) is 3. The molecular weight excluding hydrogens is 240 g/mol. The molecule has 3 heteroatoms. The van der Waals surface area contributed by atoms with Gasteiger partial charge in [-0.1, -0.05) is 13.8 Å². The summed E-state index contributed by atoms with van der Waals surface area (Å²) in [7, 11) is 0. The maximum Gasteiger partial charge on any atom is 0.0959 e. The van der Waals surface area contributed by atoms with Crippen molar-refractivity contribution in [3.05, 3.63) is 16.1 Å². The molecule has 0 unspecified atom stereocenters. The van der Waals surface area contributed by atoms with Gasteiger partial charge in [0.25, 0.3) is 0 Å². The van der Waals surface area contributed by atoms with E-state index in [1.54, 1.807) is 0 Å². The van der Waals surface area contributed by atoms with Gasteiger partial charge in [0.1, 0.15) is 0 Å². The third-order valence-electron chi connectivity index (χ3n) is 4.41. The molecule has 0 bridgehead atoms. The molecule has 0 saturated heterocycles. The lowest BCUT2D eigenvalue weighted by molar-refractivity contribution is 0.224. The van der Waals surface area contributed by atoms with Crippen LogP contribution in [0, 0.1) is 5.41 Å². The molecule has 2 saturated carbocycles. The zero-order valence-electron chi connectivity index (χ0n) is 11.5. The Labute approximate surface area is 114 Å². The van der Waals surface area contributed by atoms with E-state index in [4.69, 9.17) is 4.98 Å². The minimum atomic E-state index is 0.560. The van der Waals surface area contributed by atoms with Crippen LogP contribution in [0.5, 0.6) is 0 Å². The summed E-state index contributed by atoms with van der Waals surface area (Å²) in [6.45, 7) is 5.77. The van der Waals surface area contributed by atoms with Crippen molar-refractivity contribution in [1.82, 2.24) is 10.3 Å². The summed E-state index contributed by atoms with van der Waals surface area (Å²) in [6, 6.07) is 0.783. The maximum atomic E-state index is 4.84. The van der Waals surface area contributed by atoms with Gasteiger partial charge in [-0.2, -0.15) is 0 Å². The molecule has 0 radical (unpaired) electrons. The molecule has 0 atom stereocenters. The first-order chi connectivity index (χ1) is 8.62.